The van der Waals surface area contributed by atoms with Crippen molar-refractivity contribution in [2.24, 2.45) is 0 Å². The van der Waals surface area contributed by atoms with Gasteiger partial charge in [0.2, 0.25) is 0 Å². The molecule has 3 nitrogen and oxygen atoms in total. The minimum atomic E-state index is -0.0432. The lowest BCUT2D eigenvalue weighted by Gasteiger charge is -2.34. The van der Waals surface area contributed by atoms with E-state index in [1.165, 1.54) is 5.56 Å². The van der Waals surface area contributed by atoms with E-state index in [9.17, 15) is 4.79 Å². The monoisotopic (exact) mass is 305 g/mol. The lowest BCUT2D eigenvalue weighted by Crippen LogP contribution is -2.42. The first kappa shape index (κ1) is 14.1. The molecule has 0 spiro atoms. The average Bonchev–Trinajstić information content (AvgIpc) is 2.92. The van der Waals surface area contributed by atoms with Crippen LogP contribution in [0.1, 0.15) is 35.0 Å². The molecule has 0 saturated carbocycles. The van der Waals surface area contributed by atoms with Crippen molar-refractivity contribution in [3.8, 4) is 0 Å². The predicted molar refractivity (Wildman–Crippen MR) is 92.0 cm³/mol. The van der Waals surface area contributed by atoms with Gasteiger partial charge in [-0.05, 0) is 44.4 Å². The predicted octanol–water partition coefficient (Wildman–Crippen LogP) is 4.72. The minimum absolute atomic E-state index is 0.0432. The summed E-state index contributed by atoms with van der Waals surface area (Å²) in [5.74, 6) is 0.410. The number of para-hydroxylation sites is 2. The number of hydrogen-bond donors (Lipinski definition) is 0. The molecule has 1 aliphatic heterocycles. The van der Waals surface area contributed by atoms with Crippen LogP contribution in [-0.4, -0.2) is 11.9 Å². The van der Waals surface area contributed by atoms with Gasteiger partial charge in [0, 0.05) is 22.7 Å². The summed E-state index contributed by atoms with van der Waals surface area (Å²) in [4.78, 5) is 15.1. The third kappa shape index (κ3) is 2.15. The Bertz CT molecular complexity index is 894. The van der Waals surface area contributed by atoms with Gasteiger partial charge >= 0.3 is 0 Å². The van der Waals surface area contributed by atoms with E-state index in [0.29, 0.717) is 5.76 Å². The molecule has 1 unspecified atom stereocenters. The number of furan rings is 1. The third-order valence-corrected chi connectivity index (χ3v) is 4.78. The fourth-order valence-corrected chi connectivity index (χ4v) is 3.49. The van der Waals surface area contributed by atoms with Crippen LogP contribution in [0.25, 0.3) is 11.0 Å². The zero-order valence-corrected chi connectivity index (χ0v) is 13.4. The van der Waals surface area contributed by atoms with Gasteiger partial charge in [0.15, 0.2) is 5.76 Å². The Labute approximate surface area is 135 Å². The molecule has 0 aliphatic carbocycles. The molecule has 0 saturated heterocycles. The molecule has 1 atom stereocenters. The molecule has 3 heteroatoms. The Morgan fingerprint density at radius 3 is 2.70 bits per heavy atom. The molecule has 0 radical (unpaired) electrons. The molecule has 1 aromatic heterocycles. The highest BCUT2D eigenvalue weighted by molar-refractivity contribution is 6.08. The van der Waals surface area contributed by atoms with Gasteiger partial charge in [-0.2, -0.15) is 0 Å². The summed E-state index contributed by atoms with van der Waals surface area (Å²) < 4.78 is 5.89. The topological polar surface area (TPSA) is 33.5 Å². The van der Waals surface area contributed by atoms with Crippen molar-refractivity contribution in [2.75, 3.05) is 4.90 Å². The highest BCUT2D eigenvalue weighted by atomic mass is 16.3. The van der Waals surface area contributed by atoms with Crippen LogP contribution in [0.2, 0.25) is 0 Å². The van der Waals surface area contributed by atoms with Gasteiger partial charge in [0.05, 0.1) is 0 Å². The Hall–Kier alpha value is -2.55. The van der Waals surface area contributed by atoms with Crippen molar-refractivity contribution in [1.29, 1.82) is 0 Å². The molecule has 0 bridgehead atoms. The first-order chi connectivity index (χ1) is 11.2. The highest BCUT2D eigenvalue weighted by Crippen LogP contribution is 2.34. The Kier molecular flexibility index (Phi) is 3.22. The van der Waals surface area contributed by atoms with Crippen LogP contribution in [-0.2, 0) is 6.42 Å². The lowest BCUT2D eigenvalue weighted by molar-refractivity contribution is 0.0949. The van der Waals surface area contributed by atoms with Crippen LogP contribution in [0.4, 0.5) is 5.69 Å². The van der Waals surface area contributed by atoms with Gasteiger partial charge in [0.1, 0.15) is 5.58 Å². The molecule has 1 aliphatic rings. The van der Waals surface area contributed by atoms with Gasteiger partial charge < -0.3 is 9.32 Å². The third-order valence-electron chi connectivity index (χ3n) is 4.78. The Balaban J connectivity index is 1.83. The second-order valence-electron chi connectivity index (χ2n) is 6.24. The van der Waals surface area contributed by atoms with E-state index in [-0.39, 0.29) is 11.9 Å². The number of hydrogen-bond acceptors (Lipinski definition) is 2. The zero-order valence-electron chi connectivity index (χ0n) is 13.4. The highest BCUT2D eigenvalue weighted by Gasteiger charge is 2.31. The molecule has 3 aromatic rings. The number of amides is 1. The summed E-state index contributed by atoms with van der Waals surface area (Å²) in [5.41, 5.74) is 3.93. The van der Waals surface area contributed by atoms with Crippen molar-refractivity contribution in [3.05, 3.63) is 65.4 Å². The summed E-state index contributed by atoms with van der Waals surface area (Å²) in [6.07, 6.45) is 1.99. The normalized spacial score (nSPS) is 17.3. The van der Waals surface area contributed by atoms with Gasteiger partial charge in [-0.1, -0.05) is 36.4 Å². The maximum Gasteiger partial charge on any atom is 0.294 e. The maximum atomic E-state index is 13.2. The van der Waals surface area contributed by atoms with E-state index in [1.54, 1.807) is 0 Å². The molecule has 116 valence electrons. The number of carbonyl (C=O) groups excluding carboxylic acids is 1. The lowest BCUT2D eigenvalue weighted by atomic mass is 9.96. The SMILES string of the molecule is Cc1c(C(=O)N2c3ccccc3CCC2C)oc2ccccc12. The Morgan fingerprint density at radius 2 is 1.87 bits per heavy atom. The quantitative estimate of drug-likeness (QED) is 0.651. The first-order valence-electron chi connectivity index (χ1n) is 8.06. The second-order valence-corrected chi connectivity index (χ2v) is 6.24. The summed E-state index contributed by atoms with van der Waals surface area (Å²) in [6.45, 7) is 4.06. The largest absolute Gasteiger partial charge is 0.451 e. The van der Waals surface area contributed by atoms with Crippen LogP contribution >= 0.6 is 0 Å². The second kappa shape index (κ2) is 5.27. The van der Waals surface area contributed by atoms with Gasteiger partial charge in [-0.15, -0.1) is 0 Å². The van der Waals surface area contributed by atoms with E-state index < -0.39 is 0 Å². The van der Waals surface area contributed by atoms with Gasteiger partial charge in [-0.3, -0.25) is 4.79 Å². The smallest absolute Gasteiger partial charge is 0.294 e. The fourth-order valence-electron chi connectivity index (χ4n) is 3.49. The van der Waals surface area contributed by atoms with Crippen LogP contribution < -0.4 is 4.90 Å². The Morgan fingerprint density at radius 1 is 1.13 bits per heavy atom. The number of carbonyl (C=O) groups is 1. The van der Waals surface area contributed by atoms with E-state index in [2.05, 4.69) is 13.0 Å². The van der Waals surface area contributed by atoms with E-state index in [0.717, 1.165) is 35.1 Å². The molecule has 1 amide bonds. The number of aryl methyl sites for hydroxylation is 2. The van der Waals surface area contributed by atoms with Crippen molar-refractivity contribution in [3.63, 3.8) is 0 Å². The number of benzene rings is 2. The first-order valence-corrected chi connectivity index (χ1v) is 8.06. The molecular weight excluding hydrogens is 286 g/mol. The summed E-state index contributed by atoms with van der Waals surface area (Å²) in [5, 5.41) is 1.01. The molecule has 2 heterocycles. The van der Waals surface area contributed by atoms with E-state index in [1.807, 2.05) is 54.3 Å². The zero-order chi connectivity index (χ0) is 16.0. The fraction of sp³-hybridized carbons (Fsp3) is 0.250. The van der Waals surface area contributed by atoms with E-state index >= 15 is 0 Å². The summed E-state index contributed by atoms with van der Waals surface area (Å²) in [7, 11) is 0. The van der Waals surface area contributed by atoms with Gasteiger partial charge in [-0.25, -0.2) is 0 Å². The average molecular weight is 305 g/mol. The minimum Gasteiger partial charge on any atom is -0.451 e. The molecule has 2 aromatic carbocycles. The summed E-state index contributed by atoms with van der Waals surface area (Å²) >= 11 is 0. The van der Waals surface area contributed by atoms with Crippen molar-refractivity contribution in [2.45, 2.75) is 32.7 Å². The van der Waals surface area contributed by atoms with Crippen LogP contribution in [0.15, 0.2) is 52.9 Å². The molecule has 0 N–H and O–H groups in total. The van der Waals surface area contributed by atoms with Gasteiger partial charge in [0.25, 0.3) is 5.91 Å². The van der Waals surface area contributed by atoms with Crippen molar-refractivity contribution >= 4 is 22.6 Å². The maximum absolute atomic E-state index is 13.2. The standard InChI is InChI=1S/C20H19NO2/c1-13-11-12-15-7-3-5-9-17(15)21(13)20(22)19-14(2)16-8-4-6-10-18(16)23-19/h3-10,13H,11-12H2,1-2H3. The number of nitrogens with zero attached hydrogens (tertiary/aromatic N) is 1. The molecule has 0 fully saturated rings. The van der Waals surface area contributed by atoms with Crippen LogP contribution in [0, 0.1) is 6.92 Å². The van der Waals surface area contributed by atoms with E-state index in [4.69, 9.17) is 4.42 Å². The van der Waals surface area contributed by atoms with Crippen molar-refractivity contribution < 1.29 is 9.21 Å². The number of rotatable bonds is 1. The molecule has 23 heavy (non-hydrogen) atoms. The van der Waals surface area contributed by atoms with Crippen LogP contribution in [0.5, 0.6) is 0 Å². The molecule has 4 rings (SSSR count). The summed E-state index contributed by atoms with van der Waals surface area (Å²) in [6, 6.07) is 16.1. The molecular formula is C20H19NO2. The van der Waals surface area contributed by atoms with Crippen molar-refractivity contribution in [1.82, 2.24) is 0 Å². The number of anilines is 1. The number of fused-ring (bicyclic) bond motifs is 2. The van der Waals surface area contributed by atoms with Crippen LogP contribution in [0.3, 0.4) is 0 Å².